The second kappa shape index (κ2) is 6.13. The fraction of sp³-hybridized carbons (Fsp3) is 0. The van der Waals surface area contributed by atoms with Crippen LogP contribution in [0.5, 0.6) is 0 Å². The first-order valence-electron chi connectivity index (χ1n) is 6.67. The van der Waals surface area contributed by atoms with Crippen molar-refractivity contribution in [2.75, 3.05) is 0 Å². The van der Waals surface area contributed by atoms with E-state index in [2.05, 4.69) is 15.5 Å². The van der Waals surface area contributed by atoms with Crippen LogP contribution in [0.4, 0.5) is 4.39 Å². The van der Waals surface area contributed by atoms with Crippen LogP contribution in [0.25, 0.3) is 10.9 Å². The second-order valence-electron chi connectivity index (χ2n) is 4.64. The minimum Gasteiger partial charge on any atom is -0.266 e. The Morgan fingerprint density at radius 2 is 1.95 bits per heavy atom. The van der Waals surface area contributed by atoms with E-state index in [4.69, 9.17) is 0 Å². The summed E-state index contributed by atoms with van der Waals surface area (Å²) in [6.45, 7) is 0. The smallest absolute Gasteiger partial charge is 0.266 e. The lowest BCUT2D eigenvalue weighted by Crippen LogP contribution is -2.18. The van der Waals surface area contributed by atoms with Gasteiger partial charge < -0.3 is 0 Å². The van der Waals surface area contributed by atoms with E-state index in [0.717, 1.165) is 10.9 Å². The SMILES string of the molecule is O=C(N/N=C/c1cccc(F)c1)c1ccc2ccccc2n1. The van der Waals surface area contributed by atoms with Gasteiger partial charge in [-0.05, 0) is 29.8 Å². The summed E-state index contributed by atoms with van der Waals surface area (Å²) in [5.41, 5.74) is 3.95. The van der Waals surface area contributed by atoms with Gasteiger partial charge in [-0.15, -0.1) is 0 Å². The van der Waals surface area contributed by atoms with Crippen LogP contribution < -0.4 is 5.43 Å². The summed E-state index contributed by atoms with van der Waals surface area (Å²) < 4.78 is 13.0. The summed E-state index contributed by atoms with van der Waals surface area (Å²) in [5.74, 6) is -0.773. The number of amides is 1. The molecule has 0 radical (unpaired) electrons. The van der Waals surface area contributed by atoms with Gasteiger partial charge in [0.05, 0.1) is 11.7 Å². The molecule has 2 aromatic carbocycles. The Hall–Kier alpha value is -3.08. The first kappa shape index (κ1) is 13.9. The van der Waals surface area contributed by atoms with Crippen molar-refractivity contribution in [3.8, 4) is 0 Å². The van der Waals surface area contributed by atoms with E-state index in [1.165, 1.54) is 18.3 Å². The van der Waals surface area contributed by atoms with Crippen LogP contribution in [0.3, 0.4) is 0 Å². The second-order valence-corrected chi connectivity index (χ2v) is 4.64. The molecular weight excluding hydrogens is 281 g/mol. The number of nitrogens with zero attached hydrogens (tertiary/aromatic N) is 2. The summed E-state index contributed by atoms with van der Waals surface area (Å²) in [5, 5.41) is 4.77. The average Bonchev–Trinajstić information content (AvgIpc) is 2.54. The van der Waals surface area contributed by atoms with Crippen LogP contribution in [0.2, 0.25) is 0 Å². The summed E-state index contributed by atoms with van der Waals surface area (Å²) in [4.78, 5) is 16.3. The number of carbonyl (C=O) groups excluding carboxylic acids is 1. The Morgan fingerprint density at radius 1 is 1.09 bits per heavy atom. The van der Waals surface area contributed by atoms with Gasteiger partial charge in [0.25, 0.3) is 5.91 Å². The molecule has 22 heavy (non-hydrogen) atoms. The Labute approximate surface area is 126 Å². The number of halogens is 1. The summed E-state index contributed by atoms with van der Waals surface area (Å²) >= 11 is 0. The normalized spacial score (nSPS) is 11.0. The zero-order chi connectivity index (χ0) is 15.4. The number of benzene rings is 2. The molecule has 1 heterocycles. The minimum atomic E-state index is -0.418. The third kappa shape index (κ3) is 3.15. The molecule has 0 aliphatic heterocycles. The lowest BCUT2D eigenvalue weighted by molar-refractivity contribution is 0.0950. The third-order valence-electron chi connectivity index (χ3n) is 3.06. The van der Waals surface area contributed by atoms with E-state index >= 15 is 0 Å². The van der Waals surface area contributed by atoms with Crippen molar-refractivity contribution in [3.05, 3.63) is 77.7 Å². The number of aromatic nitrogens is 1. The minimum absolute atomic E-state index is 0.273. The van der Waals surface area contributed by atoms with E-state index in [0.29, 0.717) is 5.56 Å². The van der Waals surface area contributed by atoms with Crippen molar-refractivity contribution in [2.24, 2.45) is 5.10 Å². The van der Waals surface area contributed by atoms with Crippen molar-refractivity contribution < 1.29 is 9.18 Å². The van der Waals surface area contributed by atoms with Gasteiger partial charge >= 0.3 is 0 Å². The lowest BCUT2D eigenvalue weighted by Gasteiger charge is -2.01. The van der Waals surface area contributed by atoms with Gasteiger partial charge in [-0.3, -0.25) is 4.79 Å². The van der Waals surface area contributed by atoms with Gasteiger partial charge in [-0.2, -0.15) is 5.10 Å². The Bertz CT molecular complexity index is 861. The Kier molecular flexibility index (Phi) is 3.87. The fourth-order valence-electron chi connectivity index (χ4n) is 2.00. The van der Waals surface area contributed by atoms with Crippen molar-refractivity contribution in [3.63, 3.8) is 0 Å². The molecule has 1 aromatic heterocycles. The molecular formula is C17H12FN3O. The summed E-state index contributed by atoms with van der Waals surface area (Å²) in [7, 11) is 0. The molecule has 0 unspecified atom stereocenters. The molecule has 0 aliphatic rings. The fourth-order valence-corrected chi connectivity index (χ4v) is 2.00. The highest BCUT2D eigenvalue weighted by Crippen LogP contribution is 2.11. The van der Waals surface area contributed by atoms with Crippen molar-refractivity contribution >= 4 is 23.0 Å². The highest BCUT2D eigenvalue weighted by atomic mass is 19.1. The van der Waals surface area contributed by atoms with E-state index in [1.807, 2.05) is 30.3 Å². The molecule has 0 fully saturated rings. The van der Waals surface area contributed by atoms with E-state index in [9.17, 15) is 9.18 Å². The average molecular weight is 293 g/mol. The van der Waals surface area contributed by atoms with Crippen LogP contribution in [0.1, 0.15) is 16.1 Å². The molecule has 0 saturated carbocycles. The zero-order valence-corrected chi connectivity index (χ0v) is 11.5. The van der Waals surface area contributed by atoms with Crippen LogP contribution in [0, 0.1) is 5.82 Å². The molecule has 5 heteroatoms. The monoisotopic (exact) mass is 293 g/mol. The maximum Gasteiger partial charge on any atom is 0.289 e. The first-order valence-corrected chi connectivity index (χ1v) is 6.67. The van der Waals surface area contributed by atoms with Crippen LogP contribution in [-0.4, -0.2) is 17.1 Å². The highest BCUT2D eigenvalue weighted by Gasteiger charge is 2.06. The Morgan fingerprint density at radius 3 is 2.82 bits per heavy atom. The maximum absolute atomic E-state index is 13.0. The van der Waals surface area contributed by atoms with Gasteiger partial charge in [0.1, 0.15) is 11.5 Å². The molecule has 3 rings (SSSR count). The molecule has 1 N–H and O–H groups in total. The first-order chi connectivity index (χ1) is 10.7. The van der Waals surface area contributed by atoms with Crippen LogP contribution >= 0.6 is 0 Å². The zero-order valence-electron chi connectivity index (χ0n) is 11.5. The van der Waals surface area contributed by atoms with Gasteiger partial charge in [0, 0.05) is 5.39 Å². The number of hydrogen-bond donors (Lipinski definition) is 1. The number of hydrogen-bond acceptors (Lipinski definition) is 3. The number of fused-ring (bicyclic) bond motifs is 1. The number of rotatable bonds is 3. The quantitative estimate of drug-likeness (QED) is 0.596. The number of carbonyl (C=O) groups is 1. The standard InChI is InChI=1S/C17H12FN3O/c18-14-6-3-4-12(10-14)11-19-21-17(22)16-9-8-13-5-1-2-7-15(13)20-16/h1-11H,(H,21,22)/b19-11+. The van der Waals surface area contributed by atoms with Crippen molar-refractivity contribution in [1.82, 2.24) is 10.4 Å². The number of para-hydroxylation sites is 1. The molecule has 4 nitrogen and oxygen atoms in total. The van der Waals surface area contributed by atoms with Gasteiger partial charge in [0.2, 0.25) is 0 Å². The highest BCUT2D eigenvalue weighted by molar-refractivity contribution is 5.95. The molecule has 0 aliphatic carbocycles. The molecule has 3 aromatic rings. The maximum atomic E-state index is 13.0. The third-order valence-corrected chi connectivity index (χ3v) is 3.06. The molecule has 0 saturated heterocycles. The predicted octanol–water partition coefficient (Wildman–Crippen LogP) is 3.14. The topological polar surface area (TPSA) is 54.4 Å². The molecule has 108 valence electrons. The number of nitrogens with one attached hydrogen (secondary N) is 1. The summed E-state index contributed by atoms with van der Waals surface area (Å²) in [6.07, 6.45) is 1.38. The van der Waals surface area contributed by atoms with Gasteiger partial charge in [-0.1, -0.05) is 36.4 Å². The number of hydrazone groups is 1. The van der Waals surface area contributed by atoms with E-state index in [1.54, 1.807) is 18.2 Å². The van der Waals surface area contributed by atoms with Crippen LogP contribution in [0.15, 0.2) is 65.8 Å². The molecule has 0 spiro atoms. The largest absolute Gasteiger partial charge is 0.289 e. The molecule has 1 amide bonds. The lowest BCUT2D eigenvalue weighted by atomic mass is 10.2. The molecule has 0 atom stereocenters. The van der Waals surface area contributed by atoms with Crippen LogP contribution in [-0.2, 0) is 0 Å². The van der Waals surface area contributed by atoms with Crippen molar-refractivity contribution in [2.45, 2.75) is 0 Å². The predicted molar refractivity (Wildman–Crippen MR) is 83.2 cm³/mol. The van der Waals surface area contributed by atoms with Crippen molar-refractivity contribution in [1.29, 1.82) is 0 Å². The van der Waals surface area contributed by atoms with Gasteiger partial charge in [-0.25, -0.2) is 14.8 Å². The van der Waals surface area contributed by atoms with E-state index < -0.39 is 5.91 Å². The number of pyridine rings is 1. The van der Waals surface area contributed by atoms with E-state index in [-0.39, 0.29) is 11.5 Å². The Balaban J connectivity index is 1.73. The van der Waals surface area contributed by atoms with Gasteiger partial charge in [0.15, 0.2) is 0 Å². The summed E-state index contributed by atoms with van der Waals surface area (Å²) in [6, 6.07) is 16.9. The molecule has 0 bridgehead atoms.